The van der Waals surface area contributed by atoms with E-state index in [1.807, 2.05) is 0 Å². The minimum atomic E-state index is -4.00. The molecule has 0 aliphatic heterocycles. The first-order chi connectivity index (χ1) is 10.3. The number of carbonyl (C=O) groups is 1. The van der Waals surface area contributed by atoms with E-state index >= 15 is 0 Å². The van der Waals surface area contributed by atoms with Gasteiger partial charge in [0.25, 0.3) is 5.91 Å². The molecule has 0 aliphatic rings. The first-order valence-electron chi connectivity index (χ1n) is 6.09. The second kappa shape index (κ2) is 6.35. The Morgan fingerprint density at radius 1 is 1.18 bits per heavy atom. The predicted molar refractivity (Wildman–Crippen MR) is 83.8 cm³/mol. The van der Waals surface area contributed by atoms with E-state index in [1.54, 1.807) is 24.3 Å². The maximum atomic E-state index is 12.1. The second-order valence-corrected chi connectivity index (χ2v) is 6.31. The van der Waals surface area contributed by atoms with Gasteiger partial charge in [-0.25, -0.2) is 13.6 Å². The Bertz CT molecular complexity index is 804. The summed E-state index contributed by atoms with van der Waals surface area (Å²) in [5, 5.41) is 7.65. The fraction of sp³-hybridized carbons (Fsp3) is 0.0714. The summed E-state index contributed by atoms with van der Waals surface area (Å²) in [5.41, 5.74) is 0.669. The summed E-state index contributed by atoms with van der Waals surface area (Å²) < 4.78 is 27.8. The van der Waals surface area contributed by atoms with E-state index in [0.717, 1.165) is 6.07 Å². The number of nitrogens with two attached hydrogens (primary N) is 1. The molecular formula is C14H13ClN2O4S. The predicted octanol–water partition coefficient (Wildman–Crippen LogP) is 2.25. The molecular weight excluding hydrogens is 328 g/mol. The number of carbonyl (C=O) groups excluding carboxylic acids is 1. The lowest BCUT2D eigenvalue weighted by Crippen LogP contribution is -2.16. The number of sulfonamides is 1. The van der Waals surface area contributed by atoms with Gasteiger partial charge in [0.1, 0.15) is 10.6 Å². The van der Waals surface area contributed by atoms with Crippen molar-refractivity contribution in [3.05, 3.63) is 53.1 Å². The number of methoxy groups -OCH3 is 1. The van der Waals surface area contributed by atoms with E-state index in [9.17, 15) is 13.2 Å². The third-order valence-electron chi connectivity index (χ3n) is 2.85. The third kappa shape index (κ3) is 3.76. The number of anilines is 1. The van der Waals surface area contributed by atoms with Crippen LogP contribution >= 0.6 is 11.6 Å². The number of rotatable bonds is 4. The van der Waals surface area contributed by atoms with E-state index in [-0.39, 0.29) is 15.5 Å². The number of hydrogen-bond acceptors (Lipinski definition) is 4. The highest BCUT2D eigenvalue weighted by atomic mass is 35.5. The van der Waals surface area contributed by atoms with Crippen LogP contribution in [0.2, 0.25) is 5.02 Å². The minimum absolute atomic E-state index is 0.0384. The fourth-order valence-electron chi connectivity index (χ4n) is 1.74. The maximum absolute atomic E-state index is 12.1. The van der Waals surface area contributed by atoms with Gasteiger partial charge in [0.2, 0.25) is 10.0 Å². The van der Waals surface area contributed by atoms with Crippen LogP contribution in [0.1, 0.15) is 10.4 Å². The highest BCUT2D eigenvalue weighted by Crippen LogP contribution is 2.22. The van der Waals surface area contributed by atoms with Crippen LogP contribution in [0.25, 0.3) is 0 Å². The van der Waals surface area contributed by atoms with E-state index < -0.39 is 15.9 Å². The molecule has 0 saturated carbocycles. The summed E-state index contributed by atoms with van der Waals surface area (Å²) in [7, 11) is -2.46. The number of amides is 1. The Balaban J connectivity index is 2.26. The van der Waals surface area contributed by atoms with Crippen LogP contribution < -0.4 is 15.2 Å². The molecule has 0 heterocycles. The molecule has 2 rings (SSSR count). The summed E-state index contributed by atoms with van der Waals surface area (Å²) >= 11 is 5.77. The molecule has 0 fully saturated rings. The lowest BCUT2D eigenvalue weighted by atomic mass is 10.2. The smallest absolute Gasteiger partial charge is 0.255 e. The van der Waals surface area contributed by atoms with Crippen molar-refractivity contribution in [2.45, 2.75) is 4.90 Å². The molecule has 0 bridgehead atoms. The number of nitrogens with one attached hydrogen (secondary N) is 1. The quantitative estimate of drug-likeness (QED) is 0.891. The van der Waals surface area contributed by atoms with Crippen molar-refractivity contribution in [1.29, 1.82) is 0 Å². The zero-order chi connectivity index (χ0) is 16.3. The largest absolute Gasteiger partial charge is 0.497 e. The lowest BCUT2D eigenvalue weighted by Gasteiger charge is -2.08. The second-order valence-electron chi connectivity index (χ2n) is 4.37. The van der Waals surface area contributed by atoms with Crippen LogP contribution in [0, 0.1) is 0 Å². The van der Waals surface area contributed by atoms with Gasteiger partial charge >= 0.3 is 0 Å². The van der Waals surface area contributed by atoms with Gasteiger partial charge in [0.05, 0.1) is 12.1 Å². The van der Waals surface area contributed by atoms with Crippen molar-refractivity contribution in [1.82, 2.24) is 0 Å². The molecule has 2 aromatic rings. The van der Waals surface area contributed by atoms with Crippen molar-refractivity contribution < 1.29 is 17.9 Å². The van der Waals surface area contributed by atoms with Gasteiger partial charge in [-0.15, -0.1) is 0 Å². The van der Waals surface area contributed by atoms with Gasteiger partial charge in [-0.1, -0.05) is 11.6 Å². The van der Waals surface area contributed by atoms with Crippen molar-refractivity contribution in [2.24, 2.45) is 5.14 Å². The van der Waals surface area contributed by atoms with E-state index in [2.05, 4.69) is 5.32 Å². The Kier molecular flexibility index (Phi) is 4.70. The zero-order valence-electron chi connectivity index (χ0n) is 11.5. The Labute approximate surface area is 132 Å². The van der Waals surface area contributed by atoms with Crippen molar-refractivity contribution >= 4 is 33.2 Å². The normalized spacial score (nSPS) is 11.0. The molecule has 116 valence electrons. The van der Waals surface area contributed by atoms with Crippen LogP contribution in [0.5, 0.6) is 5.75 Å². The van der Waals surface area contributed by atoms with Crippen molar-refractivity contribution in [2.75, 3.05) is 12.4 Å². The van der Waals surface area contributed by atoms with Crippen molar-refractivity contribution in [3.63, 3.8) is 0 Å². The van der Waals surface area contributed by atoms with Gasteiger partial charge in [0, 0.05) is 11.3 Å². The summed E-state index contributed by atoms with van der Waals surface area (Å²) in [6, 6.07) is 10.6. The van der Waals surface area contributed by atoms with Crippen LogP contribution in [0.15, 0.2) is 47.4 Å². The average molecular weight is 341 g/mol. The summed E-state index contributed by atoms with van der Waals surface area (Å²) in [6.45, 7) is 0. The van der Waals surface area contributed by atoms with E-state index in [4.69, 9.17) is 21.5 Å². The molecule has 2 aromatic carbocycles. The molecule has 3 N–H and O–H groups in total. The highest BCUT2D eigenvalue weighted by molar-refractivity contribution is 7.89. The molecule has 22 heavy (non-hydrogen) atoms. The molecule has 8 heteroatoms. The molecule has 6 nitrogen and oxygen atoms in total. The Morgan fingerprint density at radius 3 is 2.36 bits per heavy atom. The summed E-state index contributed by atoms with van der Waals surface area (Å²) in [6.07, 6.45) is 0. The first-order valence-corrected chi connectivity index (χ1v) is 8.01. The van der Waals surface area contributed by atoms with E-state index in [1.165, 1.54) is 19.2 Å². The molecule has 0 aromatic heterocycles. The lowest BCUT2D eigenvalue weighted by molar-refractivity contribution is 0.102. The maximum Gasteiger partial charge on any atom is 0.255 e. The van der Waals surface area contributed by atoms with Crippen LogP contribution in [-0.2, 0) is 10.0 Å². The Hall–Kier alpha value is -2.09. The standard InChI is InChI=1S/C14H13ClN2O4S/c1-21-11-5-3-10(4-6-11)17-14(18)9-2-7-12(15)13(8-9)22(16,19)20/h2-8H,1H3,(H,17,18)(H2,16,19,20). The van der Waals surface area contributed by atoms with E-state index in [0.29, 0.717) is 11.4 Å². The molecule has 0 aliphatic carbocycles. The minimum Gasteiger partial charge on any atom is -0.497 e. The number of halogens is 1. The molecule has 1 amide bonds. The summed E-state index contributed by atoms with van der Waals surface area (Å²) in [5.74, 6) is 0.174. The molecule has 0 saturated heterocycles. The van der Waals surface area contributed by atoms with Crippen LogP contribution in [-0.4, -0.2) is 21.4 Å². The number of ether oxygens (including phenoxy) is 1. The number of benzene rings is 2. The van der Waals surface area contributed by atoms with Gasteiger partial charge < -0.3 is 10.1 Å². The van der Waals surface area contributed by atoms with Crippen LogP contribution in [0.3, 0.4) is 0 Å². The molecule has 0 radical (unpaired) electrons. The topological polar surface area (TPSA) is 98.5 Å². The number of hydrogen-bond donors (Lipinski definition) is 2. The Morgan fingerprint density at radius 2 is 1.82 bits per heavy atom. The molecule has 0 spiro atoms. The van der Waals surface area contributed by atoms with Gasteiger partial charge in [-0.05, 0) is 42.5 Å². The molecule has 0 unspecified atom stereocenters. The highest BCUT2D eigenvalue weighted by Gasteiger charge is 2.16. The average Bonchev–Trinajstić information content (AvgIpc) is 2.47. The van der Waals surface area contributed by atoms with Gasteiger partial charge in [0.15, 0.2) is 0 Å². The fourth-order valence-corrected chi connectivity index (χ4v) is 2.81. The van der Waals surface area contributed by atoms with Gasteiger partial charge in [-0.2, -0.15) is 0 Å². The monoisotopic (exact) mass is 340 g/mol. The van der Waals surface area contributed by atoms with Crippen LogP contribution in [0.4, 0.5) is 5.69 Å². The number of primary sulfonamides is 1. The molecule has 0 atom stereocenters. The summed E-state index contributed by atoms with van der Waals surface area (Å²) in [4.78, 5) is 11.8. The third-order valence-corrected chi connectivity index (χ3v) is 4.24. The van der Waals surface area contributed by atoms with Crippen molar-refractivity contribution in [3.8, 4) is 5.75 Å². The zero-order valence-corrected chi connectivity index (χ0v) is 13.1. The van der Waals surface area contributed by atoms with Gasteiger partial charge in [-0.3, -0.25) is 4.79 Å². The first kappa shape index (κ1) is 16.3. The SMILES string of the molecule is COc1ccc(NC(=O)c2ccc(Cl)c(S(N)(=O)=O)c2)cc1.